The van der Waals surface area contributed by atoms with Crippen LogP contribution in [0.4, 0.5) is 10.1 Å². The summed E-state index contributed by atoms with van der Waals surface area (Å²) in [5, 5.41) is 9.28. The number of hydrogen-bond acceptors (Lipinski definition) is 5. The van der Waals surface area contributed by atoms with Gasteiger partial charge in [-0.15, -0.1) is 0 Å². The molecule has 2 N–H and O–H groups in total. The molecule has 0 fully saturated rings. The summed E-state index contributed by atoms with van der Waals surface area (Å²) in [6, 6.07) is 13.2. The van der Waals surface area contributed by atoms with Crippen molar-refractivity contribution in [2.45, 2.75) is 13.0 Å². The molecule has 30 heavy (non-hydrogen) atoms. The van der Waals surface area contributed by atoms with Gasteiger partial charge in [-0.05, 0) is 55.9 Å². The Morgan fingerprint density at radius 3 is 2.43 bits per heavy atom. The van der Waals surface area contributed by atoms with E-state index < -0.39 is 0 Å². The SMILES string of the molecule is CC(c1ccc(-n2cncn2)cc1)N(C)CC(=O)NCC(=O)Nc1ccc(F)cc1. The number of carbonyl (C=O) groups excluding carboxylic acids is 2. The quantitative estimate of drug-likeness (QED) is 0.594. The minimum Gasteiger partial charge on any atom is -0.346 e. The minimum atomic E-state index is -0.383. The molecule has 0 saturated heterocycles. The molecule has 0 bridgehead atoms. The molecule has 0 aliphatic carbocycles. The van der Waals surface area contributed by atoms with E-state index in [0.717, 1.165) is 11.3 Å². The summed E-state index contributed by atoms with van der Waals surface area (Å²) in [6.07, 6.45) is 3.10. The van der Waals surface area contributed by atoms with Crippen LogP contribution >= 0.6 is 0 Å². The first-order valence-corrected chi connectivity index (χ1v) is 9.39. The van der Waals surface area contributed by atoms with Gasteiger partial charge >= 0.3 is 0 Å². The highest BCUT2D eigenvalue weighted by Crippen LogP contribution is 2.19. The lowest BCUT2D eigenvalue weighted by molar-refractivity contribution is -0.125. The number of amides is 2. The molecule has 1 atom stereocenters. The normalized spacial score (nSPS) is 11.9. The third kappa shape index (κ3) is 5.71. The Morgan fingerprint density at radius 1 is 1.10 bits per heavy atom. The summed E-state index contributed by atoms with van der Waals surface area (Å²) in [4.78, 5) is 29.9. The Labute approximate surface area is 173 Å². The molecular formula is C21H23FN6O2. The third-order valence-electron chi connectivity index (χ3n) is 4.69. The molecular weight excluding hydrogens is 387 g/mol. The van der Waals surface area contributed by atoms with E-state index >= 15 is 0 Å². The van der Waals surface area contributed by atoms with Crippen LogP contribution in [0.25, 0.3) is 5.69 Å². The number of likely N-dealkylation sites (N-methyl/N-ethyl adjacent to an activating group) is 1. The van der Waals surface area contributed by atoms with E-state index in [1.807, 2.05) is 43.1 Å². The fraction of sp³-hybridized carbons (Fsp3) is 0.238. The molecule has 9 heteroatoms. The van der Waals surface area contributed by atoms with Gasteiger partial charge in [0.1, 0.15) is 18.5 Å². The summed E-state index contributed by atoms with van der Waals surface area (Å²) in [5.74, 6) is -1.03. The van der Waals surface area contributed by atoms with Crippen molar-refractivity contribution in [1.29, 1.82) is 0 Å². The summed E-state index contributed by atoms with van der Waals surface area (Å²) in [7, 11) is 1.84. The highest BCUT2D eigenvalue weighted by atomic mass is 19.1. The second-order valence-electron chi connectivity index (χ2n) is 6.85. The zero-order valence-electron chi connectivity index (χ0n) is 16.7. The van der Waals surface area contributed by atoms with E-state index in [0.29, 0.717) is 5.69 Å². The average Bonchev–Trinajstić information content (AvgIpc) is 3.28. The monoisotopic (exact) mass is 410 g/mol. The Bertz CT molecular complexity index is 974. The maximum absolute atomic E-state index is 12.9. The summed E-state index contributed by atoms with van der Waals surface area (Å²) in [5.41, 5.74) is 2.41. The van der Waals surface area contributed by atoms with Crippen LogP contribution in [0.2, 0.25) is 0 Å². The summed E-state index contributed by atoms with van der Waals surface area (Å²) < 4.78 is 14.6. The van der Waals surface area contributed by atoms with Gasteiger partial charge < -0.3 is 10.6 Å². The Hall–Kier alpha value is -3.59. The van der Waals surface area contributed by atoms with E-state index in [9.17, 15) is 14.0 Å². The van der Waals surface area contributed by atoms with Crippen molar-refractivity contribution in [3.05, 3.63) is 72.6 Å². The van der Waals surface area contributed by atoms with Gasteiger partial charge in [0.05, 0.1) is 18.8 Å². The maximum atomic E-state index is 12.9. The predicted molar refractivity (Wildman–Crippen MR) is 110 cm³/mol. The van der Waals surface area contributed by atoms with Gasteiger partial charge in [-0.25, -0.2) is 14.1 Å². The molecule has 156 valence electrons. The molecule has 0 aliphatic heterocycles. The van der Waals surface area contributed by atoms with Crippen molar-refractivity contribution in [3.8, 4) is 5.69 Å². The lowest BCUT2D eigenvalue weighted by Gasteiger charge is -2.24. The average molecular weight is 410 g/mol. The van der Waals surface area contributed by atoms with Crippen LogP contribution in [0, 0.1) is 5.82 Å². The highest BCUT2D eigenvalue weighted by molar-refractivity contribution is 5.94. The van der Waals surface area contributed by atoms with Crippen molar-refractivity contribution in [2.24, 2.45) is 0 Å². The highest BCUT2D eigenvalue weighted by Gasteiger charge is 2.16. The zero-order valence-corrected chi connectivity index (χ0v) is 16.7. The summed E-state index contributed by atoms with van der Waals surface area (Å²) in [6.45, 7) is 1.97. The van der Waals surface area contributed by atoms with Crippen LogP contribution in [-0.2, 0) is 9.59 Å². The third-order valence-corrected chi connectivity index (χ3v) is 4.69. The van der Waals surface area contributed by atoms with Crippen LogP contribution in [0.5, 0.6) is 0 Å². The number of carbonyl (C=O) groups is 2. The van der Waals surface area contributed by atoms with E-state index in [1.165, 1.54) is 30.6 Å². The predicted octanol–water partition coefficient (Wildman–Crippen LogP) is 2.15. The zero-order chi connectivity index (χ0) is 21.5. The second-order valence-corrected chi connectivity index (χ2v) is 6.85. The van der Waals surface area contributed by atoms with E-state index in [2.05, 4.69) is 20.7 Å². The number of aromatic nitrogens is 3. The van der Waals surface area contributed by atoms with Crippen LogP contribution < -0.4 is 10.6 Å². The van der Waals surface area contributed by atoms with Crippen molar-refractivity contribution < 1.29 is 14.0 Å². The number of anilines is 1. The molecule has 3 aromatic rings. The fourth-order valence-electron chi connectivity index (χ4n) is 2.84. The fourth-order valence-corrected chi connectivity index (χ4v) is 2.84. The van der Waals surface area contributed by atoms with E-state index in [-0.39, 0.29) is 36.8 Å². The van der Waals surface area contributed by atoms with E-state index in [4.69, 9.17) is 0 Å². The van der Waals surface area contributed by atoms with Gasteiger partial charge in [-0.1, -0.05) is 12.1 Å². The second kappa shape index (κ2) is 9.75. The molecule has 0 radical (unpaired) electrons. The smallest absolute Gasteiger partial charge is 0.243 e. The molecule has 0 spiro atoms. The lowest BCUT2D eigenvalue weighted by Crippen LogP contribution is -2.39. The van der Waals surface area contributed by atoms with Crippen molar-refractivity contribution in [2.75, 3.05) is 25.5 Å². The largest absolute Gasteiger partial charge is 0.346 e. The van der Waals surface area contributed by atoms with Crippen LogP contribution in [0.15, 0.2) is 61.2 Å². The van der Waals surface area contributed by atoms with Gasteiger partial charge in [-0.3, -0.25) is 14.5 Å². The molecule has 8 nitrogen and oxygen atoms in total. The van der Waals surface area contributed by atoms with Crippen LogP contribution in [0.1, 0.15) is 18.5 Å². The van der Waals surface area contributed by atoms with Gasteiger partial charge in [0.25, 0.3) is 0 Å². The Morgan fingerprint density at radius 2 is 1.80 bits per heavy atom. The minimum absolute atomic E-state index is 0.00594. The molecule has 0 saturated carbocycles. The molecule has 2 amide bonds. The number of halogens is 1. The van der Waals surface area contributed by atoms with Gasteiger partial charge in [0, 0.05) is 11.7 Å². The number of nitrogens with zero attached hydrogens (tertiary/aromatic N) is 4. The molecule has 2 aromatic carbocycles. The number of rotatable bonds is 8. The standard InChI is InChI=1S/C21H23FN6O2/c1-15(16-3-9-19(10-4-16)28-14-23-13-25-28)27(2)12-21(30)24-11-20(29)26-18-7-5-17(22)6-8-18/h3-10,13-15H,11-12H2,1-2H3,(H,24,30)(H,26,29). The number of hydrogen-bond donors (Lipinski definition) is 2. The van der Waals surface area contributed by atoms with Gasteiger partial charge in [-0.2, -0.15) is 5.10 Å². The molecule has 1 heterocycles. The first-order valence-electron chi connectivity index (χ1n) is 9.39. The topological polar surface area (TPSA) is 92.2 Å². The number of benzene rings is 2. The first kappa shape index (κ1) is 21.1. The Kier molecular flexibility index (Phi) is 6.87. The molecule has 0 aliphatic rings. The van der Waals surface area contributed by atoms with Crippen molar-refractivity contribution in [1.82, 2.24) is 25.0 Å². The van der Waals surface area contributed by atoms with Crippen molar-refractivity contribution >= 4 is 17.5 Å². The van der Waals surface area contributed by atoms with Crippen LogP contribution in [-0.4, -0.2) is 51.6 Å². The maximum Gasteiger partial charge on any atom is 0.243 e. The molecule has 3 rings (SSSR count). The van der Waals surface area contributed by atoms with E-state index in [1.54, 1.807) is 11.0 Å². The first-order chi connectivity index (χ1) is 14.4. The molecule has 1 aromatic heterocycles. The molecule has 1 unspecified atom stereocenters. The summed E-state index contributed by atoms with van der Waals surface area (Å²) >= 11 is 0. The lowest BCUT2D eigenvalue weighted by atomic mass is 10.1. The van der Waals surface area contributed by atoms with Gasteiger partial charge in [0.2, 0.25) is 11.8 Å². The van der Waals surface area contributed by atoms with Crippen molar-refractivity contribution in [3.63, 3.8) is 0 Å². The van der Waals surface area contributed by atoms with Crippen LogP contribution in [0.3, 0.4) is 0 Å². The Balaban J connectivity index is 1.46. The van der Waals surface area contributed by atoms with Gasteiger partial charge in [0.15, 0.2) is 0 Å². The number of nitrogens with one attached hydrogen (secondary N) is 2.